The summed E-state index contributed by atoms with van der Waals surface area (Å²) in [5.41, 5.74) is 2.14. The van der Waals surface area contributed by atoms with Gasteiger partial charge in [-0.15, -0.1) is 0 Å². The zero-order chi connectivity index (χ0) is 15.7. The SMILES string of the molecule is C[C@H]1c2c(Cl)cc(Cl)cc2CCN1C(=O)C1CNCCCO1. The Morgan fingerprint density at radius 3 is 3.05 bits per heavy atom. The first-order valence-corrected chi connectivity index (χ1v) is 8.44. The Balaban J connectivity index is 1.82. The number of hydrogen-bond acceptors (Lipinski definition) is 3. The highest BCUT2D eigenvalue weighted by atomic mass is 35.5. The van der Waals surface area contributed by atoms with Crippen molar-refractivity contribution < 1.29 is 9.53 Å². The molecule has 2 aliphatic heterocycles. The van der Waals surface area contributed by atoms with Crippen LogP contribution in [0.5, 0.6) is 0 Å². The van der Waals surface area contributed by atoms with Gasteiger partial charge >= 0.3 is 0 Å². The van der Waals surface area contributed by atoms with Crippen LogP contribution in [-0.2, 0) is 16.0 Å². The van der Waals surface area contributed by atoms with E-state index in [2.05, 4.69) is 5.32 Å². The summed E-state index contributed by atoms with van der Waals surface area (Å²) in [5, 5.41) is 4.53. The smallest absolute Gasteiger partial charge is 0.253 e. The fraction of sp³-hybridized carbons (Fsp3) is 0.562. The first-order valence-electron chi connectivity index (χ1n) is 7.68. The fourth-order valence-corrected chi connectivity index (χ4v) is 3.96. The van der Waals surface area contributed by atoms with Gasteiger partial charge < -0.3 is 15.0 Å². The first kappa shape index (κ1) is 16.1. The molecule has 0 bridgehead atoms. The molecule has 1 aromatic rings. The Bertz CT molecular complexity index is 572. The van der Waals surface area contributed by atoms with Crippen molar-refractivity contribution >= 4 is 29.1 Å². The first-order chi connectivity index (χ1) is 10.6. The third-order valence-corrected chi connectivity index (χ3v) is 4.92. The number of benzene rings is 1. The number of amides is 1. The highest BCUT2D eigenvalue weighted by Gasteiger charge is 2.34. The molecule has 0 spiro atoms. The number of hydrogen-bond donors (Lipinski definition) is 1. The van der Waals surface area contributed by atoms with Gasteiger partial charge in [0.15, 0.2) is 0 Å². The van der Waals surface area contributed by atoms with E-state index in [9.17, 15) is 4.79 Å². The van der Waals surface area contributed by atoms with E-state index < -0.39 is 6.10 Å². The predicted octanol–water partition coefficient (Wildman–Crippen LogP) is 2.82. The summed E-state index contributed by atoms with van der Waals surface area (Å²) in [4.78, 5) is 14.7. The minimum Gasteiger partial charge on any atom is -0.367 e. The molecule has 0 aliphatic carbocycles. The zero-order valence-corrected chi connectivity index (χ0v) is 14.1. The van der Waals surface area contributed by atoms with E-state index in [1.54, 1.807) is 6.07 Å². The van der Waals surface area contributed by atoms with Crippen LogP contribution >= 0.6 is 23.2 Å². The van der Waals surface area contributed by atoms with Gasteiger partial charge in [0, 0.05) is 29.7 Å². The van der Waals surface area contributed by atoms with Crippen molar-refractivity contribution in [1.29, 1.82) is 0 Å². The van der Waals surface area contributed by atoms with E-state index in [0.29, 0.717) is 29.7 Å². The lowest BCUT2D eigenvalue weighted by atomic mass is 9.93. The van der Waals surface area contributed by atoms with Gasteiger partial charge in [0.25, 0.3) is 5.91 Å². The molecule has 120 valence electrons. The molecule has 0 saturated carbocycles. The second-order valence-electron chi connectivity index (χ2n) is 5.84. The third kappa shape index (κ3) is 3.11. The summed E-state index contributed by atoms with van der Waals surface area (Å²) in [6.45, 7) is 4.78. The molecule has 2 atom stereocenters. The Kier molecular flexibility index (Phi) is 4.93. The molecular formula is C16H20Cl2N2O2. The van der Waals surface area contributed by atoms with Crippen LogP contribution in [0.1, 0.15) is 30.5 Å². The normalized spacial score (nSPS) is 25.5. The molecule has 1 amide bonds. The Labute approximate surface area is 140 Å². The van der Waals surface area contributed by atoms with Crippen molar-refractivity contribution in [2.24, 2.45) is 0 Å². The number of ether oxygens (including phenoxy) is 1. The van der Waals surface area contributed by atoms with Crippen molar-refractivity contribution in [3.63, 3.8) is 0 Å². The van der Waals surface area contributed by atoms with Crippen LogP contribution in [0.4, 0.5) is 0 Å². The molecule has 1 unspecified atom stereocenters. The minimum absolute atomic E-state index is 0.0403. The van der Waals surface area contributed by atoms with Crippen molar-refractivity contribution in [2.75, 3.05) is 26.2 Å². The van der Waals surface area contributed by atoms with Crippen LogP contribution in [0.2, 0.25) is 10.0 Å². The predicted molar refractivity (Wildman–Crippen MR) is 87.5 cm³/mol. The summed E-state index contributed by atoms with van der Waals surface area (Å²) >= 11 is 12.4. The lowest BCUT2D eigenvalue weighted by Crippen LogP contribution is -2.47. The summed E-state index contributed by atoms with van der Waals surface area (Å²) in [6.07, 6.45) is 1.30. The summed E-state index contributed by atoms with van der Waals surface area (Å²) in [5.74, 6) is 0.0403. The van der Waals surface area contributed by atoms with Gasteiger partial charge in [-0.05, 0) is 49.6 Å². The van der Waals surface area contributed by atoms with Crippen molar-refractivity contribution in [3.8, 4) is 0 Å². The number of nitrogens with zero attached hydrogens (tertiary/aromatic N) is 1. The number of halogens is 2. The number of fused-ring (bicyclic) bond motifs is 1. The van der Waals surface area contributed by atoms with Crippen LogP contribution in [0.3, 0.4) is 0 Å². The molecular weight excluding hydrogens is 323 g/mol. The maximum atomic E-state index is 12.8. The highest BCUT2D eigenvalue weighted by Crippen LogP contribution is 2.37. The zero-order valence-electron chi connectivity index (χ0n) is 12.6. The van der Waals surface area contributed by atoms with Crippen LogP contribution < -0.4 is 5.32 Å². The van der Waals surface area contributed by atoms with Gasteiger partial charge in [-0.2, -0.15) is 0 Å². The number of carbonyl (C=O) groups excluding carboxylic acids is 1. The van der Waals surface area contributed by atoms with Gasteiger partial charge in [-0.1, -0.05) is 23.2 Å². The van der Waals surface area contributed by atoms with Gasteiger partial charge in [-0.25, -0.2) is 0 Å². The van der Waals surface area contributed by atoms with E-state index in [0.717, 1.165) is 30.5 Å². The van der Waals surface area contributed by atoms with E-state index in [4.69, 9.17) is 27.9 Å². The quantitative estimate of drug-likeness (QED) is 0.853. The lowest BCUT2D eigenvalue weighted by Gasteiger charge is -2.37. The number of rotatable bonds is 1. The third-order valence-electron chi connectivity index (χ3n) is 4.39. The summed E-state index contributed by atoms with van der Waals surface area (Å²) < 4.78 is 5.70. The Morgan fingerprint density at radius 2 is 2.23 bits per heavy atom. The molecule has 2 aliphatic rings. The number of carbonyl (C=O) groups is 1. The maximum Gasteiger partial charge on any atom is 0.253 e. The largest absolute Gasteiger partial charge is 0.367 e. The van der Waals surface area contributed by atoms with Crippen molar-refractivity contribution in [3.05, 3.63) is 33.3 Å². The van der Waals surface area contributed by atoms with E-state index in [-0.39, 0.29) is 11.9 Å². The average Bonchev–Trinajstić information content (AvgIpc) is 2.75. The maximum absolute atomic E-state index is 12.8. The number of nitrogens with one attached hydrogen (secondary N) is 1. The molecule has 2 heterocycles. The molecule has 22 heavy (non-hydrogen) atoms. The van der Waals surface area contributed by atoms with Crippen LogP contribution in [0.15, 0.2) is 12.1 Å². The van der Waals surface area contributed by atoms with Gasteiger partial charge in [-0.3, -0.25) is 4.79 Å². The molecule has 3 rings (SSSR count). The van der Waals surface area contributed by atoms with E-state index >= 15 is 0 Å². The minimum atomic E-state index is -0.405. The van der Waals surface area contributed by atoms with E-state index in [1.807, 2.05) is 17.9 Å². The summed E-state index contributed by atoms with van der Waals surface area (Å²) in [6, 6.07) is 3.63. The lowest BCUT2D eigenvalue weighted by molar-refractivity contribution is -0.145. The average molecular weight is 343 g/mol. The molecule has 6 heteroatoms. The monoisotopic (exact) mass is 342 g/mol. The standard InChI is InChI=1S/C16H20Cl2N2O2/c1-10-15-11(7-12(17)8-13(15)18)3-5-20(10)16(21)14-9-19-4-2-6-22-14/h7-8,10,14,19H,2-6,9H2,1H3/t10-,14?/m0/s1. The van der Waals surface area contributed by atoms with Crippen LogP contribution in [0, 0.1) is 0 Å². The van der Waals surface area contributed by atoms with Gasteiger partial charge in [0.2, 0.25) is 0 Å². The second kappa shape index (κ2) is 6.75. The second-order valence-corrected chi connectivity index (χ2v) is 6.68. The molecule has 1 N–H and O–H groups in total. The molecule has 4 nitrogen and oxygen atoms in total. The molecule has 1 saturated heterocycles. The Morgan fingerprint density at radius 1 is 1.41 bits per heavy atom. The topological polar surface area (TPSA) is 41.6 Å². The summed E-state index contributed by atoms with van der Waals surface area (Å²) in [7, 11) is 0. The van der Waals surface area contributed by atoms with Crippen molar-refractivity contribution in [1.82, 2.24) is 10.2 Å². The molecule has 0 aromatic heterocycles. The van der Waals surface area contributed by atoms with Crippen molar-refractivity contribution in [2.45, 2.75) is 31.9 Å². The molecule has 1 fully saturated rings. The van der Waals surface area contributed by atoms with E-state index in [1.165, 1.54) is 0 Å². The highest BCUT2D eigenvalue weighted by molar-refractivity contribution is 6.35. The van der Waals surface area contributed by atoms with Gasteiger partial charge in [0.05, 0.1) is 6.04 Å². The van der Waals surface area contributed by atoms with Crippen LogP contribution in [-0.4, -0.2) is 43.2 Å². The van der Waals surface area contributed by atoms with Crippen LogP contribution in [0.25, 0.3) is 0 Å². The van der Waals surface area contributed by atoms with Gasteiger partial charge in [0.1, 0.15) is 6.10 Å². The fourth-order valence-electron chi connectivity index (χ4n) is 3.26. The molecule has 0 radical (unpaired) electrons. The Hall–Kier alpha value is -0.810. The molecule has 1 aromatic carbocycles.